The fourth-order valence-electron chi connectivity index (χ4n) is 3.43. The number of pyridine rings is 1. The van der Waals surface area contributed by atoms with Crippen LogP contribution in [0, 0.1) is 5.92 Å². The second-order valence-electron chi connectivity index (χ2n) is 7.43. The smallest absolute Gasteiger partial charge is 0.263 e. The molecule has 0 spiro atoms. The van der Waals surface area contributed by atoms with E-state index in [0.29, 0.717) is 12.3 Å². The van der Waals surface area contributed by atoms with E-state index in [1.165, 1.54) is 16.8 Å². The molecule has 2 amide bonds. The Bertz CT molecular complexity index is 966. The Balaban J connectivity index is 1.98. The largest absolute Gasteiger partial charge is 0.396 e. The van der Waals surface area contributed by atoms with Crippen LogP contribution in [-0.4, -0.2) is 46.1 Å². The Morgan fingerprint density at radius 2 is 1.96 bits per heavy atom. The van der Waals surface area contributed by atoms with Crippen molar-refractivity contribution in [1.29, 1.82) is 0 Å². The van der Waals surface area contributed by atoms with Gasteiger partial charge in [0.15, 0.2) is 0 Å². The zero-order chi connectivity index (χ0) is 20.4. The second-order valence-corrected chi connectivity index (χ2v) is 7.43. The number of rotatable bonds is 7. The van der Waals surface area contributed by atoms with Crippen LogP contribution in [0.1, 0.15) is 45.2 Å². The molecule has 1 fully saturated rings. The first-order valence-corrected chi connectivity index (χ1v) is 9.32. The Morgan fingerprint density at radius 1 is 1.29 bits per heavy atom. The highest BCUT2D eigenvalue weighted by atomic mass is 16.3. The number of carbonyl (C=O) groups is 2. The lowest BCUT2D eigenvalue weighted by Gasteiger charge is -2.18. The molecular formula is C21H25N3O4. The zero-order valence-electron chi connectivity index (χ0n) is 16.1. The quantitative estimate of drug-likeness (QED) is 0.744. The van der Waals surface area contributed by atoms with Crippen molar-refractivity contribution in [2.75, 3.05) is 13.7 Å². The maximum atomic E-state index is 13.0. The molecule has 0 radical (unpaired) electrons. The topological polar surface area (TPSA) is 106 Å². The molecule has 28 heavy (non-hydrogen) atoms. The summed E-state index contributed by atoms with van der Waals surface area (Å²) < 4.78 is 1.34. The molecule has 1 aromatic heterocycles. The molecule has 1 aromatic carbocycles. The summed E-state index contributed by atoms with van der Waals surface area (Å²) in [4.78, 5) is 39.1. The van der Waals surface area contributed by atoms with Crippen molar-refractivity contribution in [3.05, 3.63) is 69.1 Å². The lowest BCUT2D eigenvalue weighted by molar-refractivity contribution is 0.0776. The van der Waals surface area contributed by atoms with Gasteiger partial charge in [-0.1, -0.05) is 31.2 Å². The molecule has 7 heteroatoms. The van der Waals surface area contributed by atoms with Gasteiger partial charge in [0, 0.05) is 25.9 Å². The number of aliphatic hydroxyl groups is 1. The first-order chi connectivity index (χ1) is 13.3. The van der Waals surface area contributed by atoms with Crippen LogP contribution in [0.5, 0.6) is 0 Å². The van der Waals surface area contributed by atoms with Crippen LogP contribution in [-0.2, 0) is 13.0 Å². The molecule has 1 aliphatic carbocycles. The van der Waals surface area contributed by atoms with Crippen molar-refractivity contribution in [2.24, 2.45) is 11.7 Å². The van der Waals surface area contributed by atoms with Gasteiger partial charge in [0.25, 0.3) is 11.5 Å². The second kappa shape index (κ2) is 7.98. The third-order valence-corrected chi connectivity index (χ3v) is 5.23. The molecule has 0 aliphatic heterocycles. The fraction of sp³-hybridized carbons (Fsp3) is 0.381. The van der Waals surface area contributed by atoms with Crippen LogP contribution in [0.25, 0.3) is 0 Å². The highest BCUT2D eigenvalue weighted by Gasteiger charge is 2.39. The zero-order valence-corrected chi connectivity index (χ0v) is 16.1. The molecule has 1 saturated carbocycles. The summed E-state index contributed by atoms with van der Waals surface area (Å²) in [5.41, 5.74) is 6.81. The van der Waals surface area contributed by atoms with Crippen LogP contribution in [0.15, 0.2) is 41.3 Å². The van der Waals surface area contributed by atoms with Gasteiger partial charge >= 0.3 is 0 Å². The number of hydrogen-bond acceptors (Lipinski definition) is 4. The lowest BCUT2D eigenvalue weighted by atomic mass is 10.1. The van der Waals surface area contributed by atoms with E-state index in [-0.39, 0.29) is 30.3 Å². The van der Waals surface area contributed by atoms with Crippen LogP contribution in [0.4, 0.5) is 0 Å². The van der Waals surface area contributed by atoms with E-state index in [1.54, 1.807) is 11.9 Å². The van der Waals surface area contributed by atoms with Gasteiger partial charge in [-0.2, -0.15) is 0 Å². The molecule has 1 heterocycles. The van der Waals surface area contributed by atoms with Crippen LogP contribution < -0.4 is 11.3 Å². The monoisotopic (exact) mass is 383 g/mol. The molecule has 2 aromatic rings. The predicted molar refractivity (Wildman–Crippen MR) is 105 cm³/mol. The molecule has 2 atom stereocenters. The summed E-state index contributed by atoms with van der Waals surface area (Å²) >= 11 is 0. The third-order valence-electron chi connectivity index (χ3n) is 5.23. The highest BCUT2D eigenvalue weighted by Crippen LogP contribution is 2.34. The summed E-state index contributed by atoms with van der Waals surface area (Å²) in [5, 5.41) is 9.11. The summed E-state index contributed by atoms with van der Waals surface area (Å²) in [6.45, 7) is 2.28. The number of carbonyl (C=O) groups excluding carboxylic acids is 2. The first kappa shape index (κ1) is 19.8. The van der Waals surface area contributed by atoms with Crippen molar-refractivity contribution in [2.45, 2.75) is 32.4 Å². The van der Waals surface area contributed by atoms with Crippen LogP contribution >= 0.6 is 0 Å². The van der Waals surface area contributed by atoms with Gasteiger partial charge in [-0.25, -0.2) is 0 Å². The molecule has 3 rings (SSSR count). The number of aliphatic hydroxyl groups excluding tert-OH is 1. The molecule has 0 bridgehead atoms. The predicted octanol–water partition coefficient (Wildman–Crippen LogP) is 1.01. The Morgan fingerprint density at radius 3 is 2.57 bits per heavy atom. The number of primary amides is 1. The van der Waals surface area contributed by atoms with E-state index in [9.17, 15) is 14.4 Å². The lowest BCUT2D eigenvalue weighted by Crippen LogP contribution is -2.37. The number of benzene rings is 1. The first-order valence-electron chi connectivity index (χ1n) is 9.32. The minimum atomic E-state index is -0.695. The number of aromatic nitrogens is 1. The molecular weight excluding hydrogens is 358 g/mol. The van der Waals surface area contributed by atoms with Gasteiger partial charge in [-0.05, 0) is 36.0 Å². The van der Waals surface area contributed by atoms with E-state index in [1.807, 2.05) is 31.2 Å². The van der Waals surface area contributed by atoms with Crippen LogP contribution in [0.3, 0.4) is 0 Å². The molecule has 148 valence electrons. The maximum Gasteiger partial charge on any atom is 0.263 e. The third kappa shape index (κ3) is 4.14. The molecule has 7 nitrogen and oxygen atoms in total. The Kier molecular flexibility index (Phi) is 5.65. The average Bonchev–Trinajstić information content (AvgIpc) is 3.39. The van der Waals surface area contributed by atoms with E-state index >= 15 is 0 Å². The minimum absolute atomic E-state index is 0.0329. The highest BCUT2D eigenvalue weighted by molar-refractivity contribution is 5.98. The van der Waals surface area contributed by atoms with Crippen molar-refractivity contribution >= 4 is 11.8 Å². The molecule has 3 N–H and O–H groups in total. The molecule has 0 saturated heterocycles. The van der Waals surface area contributed by atoms with Gasteiger partial charge in [0.1, 0.15) is 5.56 Å². The van der Waals surface area contributed by atoms with Gasteiger partial charge in [0.05, 0.1) is 12.1 Å². The molecule has 0 unspecified atom stereocenters. The van der Waals surface area contributed by atoms with E-state index in [2.05, 4.69) is 0 Å². The summed E-state index contributed by atoms with van der Waals surface area (Å²) in [7, 11) is 1.68. The molecule has 1 aliphatic rings. The van der Waals surface area contributed by atoms with E-state index < -0.39 is 17.4 Å². The maximum absolute atomic E-state index is 13.0. The summed E-state index contributed by atoms with van der Waals surface area (Å²) in [6, 6.07) is 8.88. The number of nitrogens with zero attached hydrogens (tertiary/aromatic N) is 2. The van der Waals surface area contributed by atoms with Gasteiger partial charge in [-0.15, -0.1) is 0 Å². The average molecular weight is 383 g/mol. The Hall–Kier alpha value is -2.93. The van der Waals surface area contributed by atoms with Gasteiger partial charge in [0.2, 0.25) is 5.91 Å². The van der Waals surface area contributed by atoms with Crippen molar-refractivity contribution in [3.63, 3.8) is 0 Å². The summed E-state index contributed by atoms with van der Waals surface area (Å²) in [5.74, 6) is -0.686. The van der Waals surface area contributed by atoms with E-state index in [0.717, 1.165) is 17.5 Å². The minimum Gasteiger partial charge on any atom is -0.396 e. The number of hydrogen-bond donors (Lipinski definition) is 2. The fourth-order valence-corrected chi connectivity index (χ4v) is 3.43. The van der Waals surface area contributed by atoms with Crippen molar-refractivity contribution in [3.8, 4) is 0 Å². The normalized spacial score (nSPS) is 18.0. The standard InChI is InChI=1S/C21H25N3O4/c1-13-8-18(13)23(2)20(27)17-10-16(19(22)26)12-24(21(17)28)11-15-5-3-4-14(9-15)6-7-25/h3-5,9-10,12-13,18,25H,6-8,11H2,1-2H3,(H2,22,26)/t13-,18-/m0/s1. The Labute approximate surface area is 163 Å². The van der Waals surface area contributed by atoms with Gasteiger partial charge < -0.3 is 20.3 Å². The SMILES string of the molecule is C[C@H]1C[C@@H]1N(C)C(=O)c1cc(C(N)=O)cn(Cc2cccc(CCO)c2)c1=O. The van der Waals surface area contributed by atoms with E-state index in [4.69, 9.17) is 10.8 Å². The number of amides is 2. The van der Waals surface area contributed by atoms with Crippen LogP contribution in [0.2, 0.25) is 0 Å². The van der Waals surface area contributed by atoms with Gasteiger partial charge in [-0.3, -0.25) is 14.4 Å². The summed E-state index contributed by atoms with van der Waals surface area (Å²) in [6.07, 6.45) is 2.81. The van der Waals surface area contributed by atoms with Crippen molar-refractivity contribution < 1.29 is 14.7 Å². The van der Waals surface area contributed by atoms with Crippen molar-refractivity contribution in [1.82, 2.24) is 9.47 Å². The number of nitrogens with two attached hydrogens (primary N) is 1.